The van der Waals surface area contributed by atoms with Crippen LogP contribution in [0, 0.1) is 0 Å². The number of aryl methyl sites for hydroxylation is 4. The molecule has 0 saturated heterocycles. The van der Waals surface area contributed by atoms with Crippen molar-refractivity contribution in [3.63, 3.8) is 0 Å². The normalized spacial score (nSPS) is 13.0. The van der Waals surface area contributed by atoms with Crippen molar-refractivity contribution < 1.29 is 4.70 Å². The standard InChI is InChI=1S/C66H112N2/c1-9-17-22-23-24-25-26-27-28-29-30-31-32-33-34-35-36-37-38-39-40-41-45-50-64-63(48-21-13-5)65(59-51-55(14-6)61(16-8)56(15-7)52-59)68(67)66(64)60-53-57(46-42-18-10-2)62(49-44-20-12-4)58(54-60)47-43-19-11-3/h51-54H,9-50H2,1-8H3. The third-order valence-electron chi connectivity index (χ3n) is 15.8. The highest BCUT2D eigenvalue weighted by atomic mass is 15.2. The van der Waals surface area contributed by atoms with Gasteiger partial charge in [0.25, 0.3) is 0 Å². The highest BCUT2D eigenvalue weighted by Crippen LogP contribution is 2.46. The molecular formula is C66H112N2. The van der Waals surface area contributed by atoms with E-state index in [4.69, 9.17) is 0 Å². The lowest BCUT2D eigenvalue weighted by molar-refractivity contribution is -0.345. The maximum absolute atomic E-state index is 12.9. The van der Waals surface area contributed by atoms with Gasteiger partial charge < -0.3 is 5.53 Å². The van der Waals surface area contributed by atoms with Crippen molar-refractivity contribution in [2.75, 3.05) is 0 Å². The van der Waals surface area contributed by atoms with E-state index in [1.165, 1.54) is 251 Å². The highest BCUT2D eigenvalue weighted by molar-refractivity contribution is 5.83. The Labute approximate surface area is 424 Å². The summed E-state index contributed by atoms with van der Waals surface area (Å²) in [4.78, 5) is 0. The van der Waals surface area contributed by atoms with Gasteiger partial charge in [0.05, 0.1) is 0 Å². The van der Waals surface area contributed by atoms with Gasteiger partial charge in [-0.3, -0.25) is 0 Å². The molecule has 0 fully saturated rings. The fourth-order valence-corrected chi connectivity index (χ4v) is 11.6. The van der Waals surface area contributed by atoms with E-state index >= 15 is 0 Å². The molecule has 0 bridgehead atoms. The number of benzene rings is 2. The van der Waals surface area contributed by atoms with Crippen LogP contribution in [0.3, 0.4) is 0 Å². The smallest absolute Gasteiger partial charge is 0.211 e. The molecule has 0 N–H and O–H groups in total. The van der Waals surface area contributed by atoms with Crippen LogP contribution in [-0.2, 0) is 38.5 Å². The molecule has 0 aromatic heterocycles. The van der Waals surface area contributed by atoms with E-state index in [0.29, 0.717) is 0 Å². The van der Waals surface area contributed by atoms with E-state index in [9.17, 15) is 5.53 Å². The zero-order chi connectivity index (χ0) is 49.0. The fraction of sp³-hybridized carbons (Fsp3) is 0.758. The molecule has 386 valence electrons. The molecule has 2 aromatic carbocycles. The van der Waals surface area contributed by atoms with Gasteiger partial charge in [0.1, 0.15) is 0 Å². The van der Waals surface area contributed by atoms with Crippen molar-refractivity contribution in [3.8, 4) is 0 Å². The molecule has 0 radical (unpaired) electrons. The number of hydrogen-bond acceptors (Lipinski definition) is 0. The molecule has 3 rings (SSSR count). The molecule has 1 heterocycles. The molecule has 0 saturated carbocycles. The van der Waals surface area contributed by atoms with Crippen LogP contribution in [0.4, 0.5) is 0 Å². The third-order valence-corrected chi connectivity index (χ3v) is 15.8. The summed E-state index contributed by atoms with van der Waals surface area (Å²) in [6, 6.07) is 10.0. The number of rotatable bonds is 44. The summed E-state index contributed by atoms with van der Waals surface area (Å²) in [6.07, 6.45) is 55.0. The van der Waals surface area contributed by atoms with Crippen molar-refractivity contribution in [1.82, 2.24) is 0 Å². The zero-order valence-electron chi connectivity index (χ0n) is 46.9. The van der Waals surface area contributed by atoms with E-state index in [-0.39, 0.29) is 0 Å². The van der Waals surface area contributed by atoms with Gasteiger partial charge in [0.2, 0.25) is 11.4 Å². The lowest BCUT2D eigenvalue weighted by Gasteiger charge is -2.19. The first-order valence-corrected chi connectivity index (χ1v) is 30.7. The van der Waals surface area contributed by atoms with Gasteiger partial charge in [-0.15, -0.1) is 0 Å². The number of unbranched alkanes of at least 4 members (excludes halogenated alkanes) is 29. The Bertz CT molecular complexity index is 1650. The third kappa shape index (κ3) is 21.5. The molecule has 0 unspecified atom stereocenters. The predicted molar refractivity (Wildman–Crippen MR) is 304 cm³/mol. The summed E-state index contributed by atoms with van der Waals surface area (Å²) in [6.45, 7) is 18.6. The van der Waals surface area contributed by atoms with Crippen LogP contribution in [0.15, 0.2) is 35.4 Å². The van der Waals surface area contributed by atoms with Gasteiger partial charge in [0.15, 0.2) is 0 Å². The van der Waals surface area contributed by atoms with Gasteiger partial charge in [-0.25, -0.2) is 4.70 Å². The first kappa shape index (κ1) is 59.8. The monoisotopic (exact) mass is 933 g/mol. The predicted octanol–water partition coefficient (Wildman–Crippen LogP) is 22.3. The van der Waals surface area contributed by atoms with Crippen LogP contribution >= 0.6 is 0 Å². The fourth-order valence-electron chi connectivity index (χ4n) is 11.6. The lowest BCUT2D eigenvalue weighted by Crippen LogP contribution is -2.08. The minimum Gasteiger partial charge on any atom is -0.493 e. The Morgan fingerprint density at radius 3 is 0.897 bits per heavy atom. The Kier molecular flexibility index (Phi) is 33.6. The summed E-state index contributed by atoms with van der Waals surface area (Å²) in [5.41, 5.74) is 29.6. The molecule has 1 aliphatic rings. The van der Waals surface area contributed by atoms with E-state index in [0.717, 1.165) is 69.2 Å². The van der Waals surface area contributed by atoms with Crippen LogP contribution in [-0.4, -0.2) is 4.70 Å². The Hall–Kier alpha value is -2.48. The number of allylic oxidation sites excluding steroid dienone is 2. The van der Waals surface area contributed by atoms with Gasteiger partial charge in [-0.05, 0) is 141 Å². The van der Waals surface area contributed by atoms with Crippen LogP contribution in [0.5, 0.6) is 0 Å². The average molecular weight is 934 g/mol. The molecule has 2 nitrogen and oxygen atoms in total. The first-order valence-electron chi connectivity index (χ1n) is 30.7. The van der Waals surface area contributed by atoms with Crippen LogP contribution in [0.25, 0.3) is 16.9 Å². The minimum atomic E-state index is 1.03. The molecule has 2 aromatic rings. The van der Waals surface area contributed by atoms with Crippen molar-refractivity contribution in [2.45, 2.75) is 325 Å². The molecule has 0 aliphatic carbocycles. The van der Waals surface area contributed by atoms with Gasteiger partial charge in [-0.2, -0.15) is 0 Å². The average Bonchev–Trinajstić information content (AvgIpc) is 3.63. The second-order valence-electron chi connectivity index (χ2n) is 21.6. The summed E-state index contributed by atoms with van der Waals surface area (Å²) in [7, 11) is 0. The lowest BCUT2D eigenvalue weighted by atomic mass is 9.86. The SMILES string of the molecule is CCCCCCCCCCCCCCCCCCCCCCCCCC1=C(c2cc(CCCCC)c(CCCCC)c(CCCCC)c2)[N+](=[N-])C(c2cc(CC)c(CC)c(CC)c2)=C1CCCC. The molecule has 2 heteroatoms. The van der Waals surface area contributed by atoms with Crippen molar-refractivity contribution in [2.24, 2.45) is 0 Å². The van der Waals surface area contributed by atoms with E-state index in [1.807, 2.05) is 0 Å². The molecule has 0 atom stereocenters. The highest BCUT2D eigenvalue weighted by Gasteiger charge is 2.36. The largest absolute Gasteiger partial charge is 0.493 e. The Morgan fingerprint density at radius 1 is 0.279 bits per heavy atom. The zero-order valence-corrected chi connectivity index (χ0v) is 46.9. The van der Waals surface area contributed by atoms with Crippen LogP contribution in [0.1, 0.15) is 331 Å². The maximum atomic E-state index is 12.9. The van der Waals surface area contributed by atoms with Gasteiger partial charge in [-0.1, -0.05) is 242 Å². The summed E-state index contributed by atoms with van der Waals surface area (Å²) in [5.74, 6) is 0. The van der Waals surface area contributed by atoms with Crippen molar-refractivity contribution in [1.29, 1.82) is 0 Å². The maximum Gasteiger partial charge on any atom is 0.211 e. The summed E-state index contributed by atoms with van der Waals surface area (Å²) < 4.78 is 1.72. The molecule has 1 aliphatic heterocycles. The van der Waals surface area contributed by atoms with Crippen LogP contribution in [0.2, 0.25) is 0 Å². The second-order valence-corrected chi connectivity index (χ2v) is 21.6. The van der Waals surface area contributed by atoms with Crippen molar-refractivity contribution >= 4 is 11.4 Å². The van der Waals surface area contributed by atoms with Crippen LogP contribution < -0.4 is 0 Å². The molecule has 0 spiro atoms. The first-order chi connectivity index (χ1) is 33.4. The molecular weight excluding hydrogens is 821 g/mol. The van der Waals surface area contributed by atoms with Gasteiger partial charge in [0, 0.05) is 22.3 Å². The van der Waals surface area contributed by atoms with E-state index in [1.54, 1.807) is 21.4 Å². The van der Waals surface area contributed by atoms with E-state index in [2.05, 4.69) is 79.7 Å². The molecule has 68 heavy (non-hydrogen) atoms. The second kappa shape index (κ2) is 38.2. The Balaban J connectivity index is 1.73. The minimum absolute atomic E-state index is 1.03. The number of nitrogens with zero attached hydrogens (tertiary/aromatic N) is 2. The summed E-state index contributed by atoms with van der Waals surface area (Å²) >= 11 is 0. The topological polar surface area (TPSA) is 25.3 Å². The van der Waals surface area contributed by atoms with Gasteiger partial charge >= 0.3 is 0 Å². The molecule has 0 amide bonds. The van der Waals surface area contributed by atoms with Crippen molar-refractivity contribution in [3.05, 3.63) is 85.5 Å². The summed E-state index contributed by atoms with van der Waals surface area (Å²) in [5, 5.41) is 0. The quantitative estimate of drug-likeness (QED) is 0.0467. The van der Waals surface area contributed by atoms with E-state index < -0.39 is 0 Å². The number of hydrogen-bond donors (Lipinski definition) is 0. The Morgan fingerprint density at radius 2 is 0.559 bits per heavy atom.